The van der Waals surface area contributed by atoms with Gasteiger partial charge in [0.05, 0.1) is 6.61 Å². The molecule has 0 aromatic heterocycles. The number of aldehydes is 1. The number of Topliss-reactive ketones (excluding diaryl/α,β-unsaturated/α-hetero) is 1. The summed E-state index contributed by atoms with van der Waals surface area (Å²) in [6, 6.07) is 0. The van der Waals surface area contributed by atoms with Crippen LogP contribution in [0.5, 0.6) is 0 Å². The summed E-state index contributed by atoms with van der Waals surface area (Å²) in [7, 11) is 0. The van der Waals surface area contributed by atoms with E-state index in [-0.39, 0.29) is 6.29 Å². The molecule has 0 aromatic carbocycles. The fourth-order valence-corrected chi connectivity index (χ4v) is 0.915. The van der Waals surface area contributed by atoms with Crippen molar-refractivity contribution >= 4 is 18.0 Å². The lowest BCUT2D eigenvalue weighted by Crippen LogP contribution is -2.48. The first-order valence-electron chi connectivity index (χ1n) is 4.67. The maximum atomic E-state index is 10.8. The van der Waals surface area contributed by atoms with Crippen molar-refractivity contribution in [1.29, 1.82) is 0 Å². The van der Waals surface area contributed by atoms with Gasteiger partial charge < -0.3 is 25.2 Å². The Morgan fingerprint density at radius 1 is 1.24 bits per heavy atom. The Morgan fingerprint density at radius 3 is 2.12 bits per heavy atom. The summed E-state index contributed by atoms with van der Waals surface area (Å²) in [4.78, 5) is 31.9. The standard InChI is InChI=1S/C9H14O8/c1-4(12)9(16)17-6(3-11)8(15)7(14)5(13)2-10/h3,5-8,10,13-15H,2H2,1H3/t5-,6+,7+,8-/m1/s1. The zero-order valence-corrected chi connectivity index (χ0v) is 9.02. The molecular weight excluding hydrogens is 236 g/mol. The lowest BCUT2D eigenvalue weighted by atomic mass is 10.0. The largest absolute Gasteiger partial charge is 0.446 e. The number of aliphatic hydroxyl groups excluding tert-OH is 4. The maximum absolute atomic E-state index is 10.8. The lowest BCUT2D eigenvalue weighted by molar-refractivity contribution is -0.170. The van der Waals surface area contributed by atoms with E-state index in [4.69, 9.17) is 10.2 Å². The second-order valence-corrected chi connectivity index (χ2v) is 3.29. The van der Waals surface area contributed by atoms with Crippen molar-refractivity contribution in [2.24, 2.45) is 0 Å². The Balaban J connectivity index is 4.60. The van der Waals surface area contributed by atoms with E-state index in [1.54, 1.807) is 0 Å². The molecule has 4 N–H and O–H groups in total. The van der Waals surface area contributed by atoms with Crippen molar-refractivity contribution in [2.45, 2.75) is 31.3 Å². The highest BCUT2D eigenvalue weighted by Crippen LogP contribution is 2.07. The highest BCUT2D eigenvalue weighted by atomic mass is 16.6. The molecule has 0 radical (unpaired) electrons. The molecule has 0 aliphatic rings. The van der Waals surface area contributed by atoms with Gasteiger partial charge >= 0.3 is 5.97 Å². The van der Waals surface area contributed by atoms with Gasteiger partial charge in [-0.2, -0.15) is 0 Å². The summed E-state index contributed by atoms with van der Waals surface area (Å²) >= 11 is 0. The summed E-state index contributed by atoms with van der Waals surface area (Å²) in [5.41, 5.74) is 0. The third kappa shape index (κ3) is 4.57. The van der Waals surface area contributed by atoms with Crippen molar-refractivity contribution in [1.82, 2.24) is 0 Å². The molecule has 0 saturated heterocycles. The van der Waals surface area contributed by atoms with Crippen LogP contribution in [-0.4, -0.2) is 69.5 Å². The van der Waals surface area contributed by atoms with E-state index in [0.717, 1.165) is 6.92 Å². The molecule has 0 amide bonds. The minimum atomic E-state index is -1.95. The van der Waals surface area contributed by atoms with Crippen molar-refractivity contribution in [3.8, 4) is 0 Å². The SMILES string of the molecule is CC(=O)C(=O)O[C@@H](C=O)[C@@H](O)[C@@H](O)[C@H](O)CO. The van der Waals surface area contributed by atoms with Crippen molar-refractivity contribution in [2.75, 3.05) is 6.61 Å². The van der Waals surface area contributed by atoms with E-state index in [1.807, 2.05) is 0 Å². The first kappa shape index (κ1) is 15.7. The van der Waals surface area contributed by atoms with Crippen LogP contribution in [0, 0.1) is 0 Å². The zero-order valence-electron chi connectivity index (χ0n) is 9.02. The predicted molar refractivity (Wildman–Crippen MR) is 51.7 cm³/mol. The molecule has 0 fully saturated rings. The number of rotatable bonds is 7. The monoisotopic (exact) mass is 250 g/mol. The molecule has 0 heterocycles. The molecule has 0 rings (SSSR count). The summed E-state index contributed by atoms with van der Waals surface area (Å²) in [6.07, 6.45) is -7.35. The van der Waals surface area contributed by atoms with Crippen molar-refractivity contribution < 1.29 is 39.5 Å². The minimum absolute atomic E-state index is 0.00117. The van der Waals surface area contributed by atoms with Gasteiger partial charge in [0.2, 0.25) is 5.78 Å². The van der Waals surface area contributed by atoms with E-state index in [2.05, 4.69) is 4.74 Å². The zero-order chi connectivity index (χ0) is 13.6. The molecule has 0 aromatic rings. The van der Waals surface area contributed by atoms with Crippen LogP contribution >= 0.6 is 0 Å². The van der Waals surface area contributed by atoms with Crippen LogP contribution in [0.4, 0.5) is 0 Å². The second-order valence-electron chi connectivity index (χ2n) is 3.29. The maximum Gasteiger partial charge on any atom is 0.375 e. The van der Waals surface area contributed by atoms with Gasteiger partial charge in [-0.05, 0) is 0 Å². The van der Waals surface area contributed by atoms with E-state index < -0.39 is 42.8 Å². The fraction of sp³-hybridized carbons (Fsp3) is 0.667. The molecular formula is C9H14O8. The van der Waals surface area contributed by atoms with Crippen LogP contribution < -0.4 is 0 Å². The number of esters is 1. The third-order valence-corrected chi connectivity index (χ3v) is 1.93. The van der Waals surface area contributed by atoms with Crippen LogP contribution in [0.25, 0.3) is 0 Å². The Kier molecular flexibility index (Phi) is 6.51. The third-order valence-electron chi connectivity index (χ3n) is 1.93. The lowest BCUT2D eigenvalue weighted by Gasteiger charge is -2.25. The highest BCUT2D eigenvalue weighted by molar-refractivity contribution is 6.32. The molecule has 0 bridgehead atoms. The number of hydrogen-bond acceptors (Lipinski definition) is 8. The summed E-state index contributed by atoms with van der Waals surface area (Å²) < 4.78 is 4.28. The van der Waals surface area contributed by atoms with Crippen LogP contribution in [0.15, 0.2) is 0 Å². The van der Waals surface area contributed by atoms with Gasteiger partial charge in [-0.15, -0.1) is 0 Å². The average molecular weight is 250 g/mol. The number of ether oxygens (including phenoxy) is 1. The van der Waals surface area contributed by atoms with Gasteiger partial charge in [0.1, 0.15) is 18.3 Å². The van der Waals surface area contributed by atoms with Gasteiger partial charge in [-0.1, -0.05) is 0 Å². The molecule has 8 nitrogen and oxygen atoms in total. The molecule has 0 saturated carbocycles. The fourth-order valence-electron chi connectivity index (χ4n) is 0.915. The topological polar surface area (TPSA) is 141 Å². The highest BCUT2D eigenvalue weighted by Gasteiger charge is 2.34. The number of ketones is 1. The van der Waals surface area contributed by atoms with E-state index in [0.29, 0.717) is 0 Å². The van der Waals surface area contributed by atoms with E-state index in [9.17, 15) is 24.6 Å². The Hall–Kier alpha value is -1.35. The van der Waals surface area contributed by atoms with Crippen molar-refractivity contribution in [3.63, 3.8) is 0 Å². The molecule has 0 aliphatic carbocycles. The molecule has 98 valence electrons. The molecule has 4 atom stereocenters. The number of hydrogen-bond donors (Lipinski definition) is 4. The van der Waals surface area contributed by atoms with Crippen LogP contribution in [0.1, 0.15) is 6.92 Å². The molecule has 17 heavy (non-hydrogen) atoms. The van der Waals surface area contributed by atoms with E-state index in [1.165, 1.54) is 0 Å². The number of aliphatic hydroxyl groups is 4. The Morgan fingerprint density at radius 2 is 1.76 bits per heavy atom. The van der Waals surface area contributed by atoms with E-state index >= 15 is 0 Å². The van der Waals surface area contributed by atoms with Crippen molar-refractivity contribution in [3.05, 3.63) is 0 Å². The van der Waals surface area contributed by atoms with Gasteiger partial charge in [0, 0.05) is 6.92 Å². The number of carbonyl (C=O) groups excluding carboxylic acids is 3. The molecule has 0 unspecified atom stereocenters. The van der Waals surface area contributed by atoms with Crippen LogP contribution in [0.2, 0.25) is 0 Å². The Bertz CT molecular complexity index is 289. The van der Waals surface area contributed by atoms with Gasteiger partial charge in [0.15, 0.2) is 12.4 Å². The second kappa shape index (κ2) is 7.07. The minimum Gasteiger partial charge on any atom is -0.446 e. The van der Waals surface area contributed by atoms with Crippen LogP contribution in [-0.2, 0) is 19.1 Å². The normalized spacial score (nSPS) is 17.7. The first-order chi connectivity index (χ1) is 7.84. The summed E-state index contributed by atoms with van der Waals surface area (Å²) in [5.74, 6) is -2.34. The first-order valence-corrected chi connectivity index (χ1v) is 4.67. The van der Waals surface area contributed by atoms with Gasteiger partial charge in [-0.3, -0.25) is 9.59 Å². The summed E-state index contributed by atoms with van der Waals surface area (Å²) in [6.45, 7) is 0.0417. The molecule has 0 spiro atoms. The molecule has 8 heteroatoms. The number of carbonyl (C=O) groups is 3. The molecule has 0 aliphatic heterocycles. The summed E-state index contributed by atoms with van der Waals surface area (Å²) in [5, 5.41) is 36.1. The Labute approximate surface area is 96.4 Å². The average Bonchev–Trinajstić information content (AvgIpc) is 2.32. The quantitative estimate of drug-likeness (QED) is 0.210. The smallest absolute Gasteiger partial charge is 0.375 e. The predicted octanol–water partition coefficient (Wildman–Crippen LogP) is -3.24. The van der Waals surface area contributed by atoms with Crippen LogP contribution in [0.3, 0.4) is 0 Å². The van der Waals surface area contributed by atoms with Gasteiger partial charge in [-0.25, -0.2) is 4.79 Å². The van der Waals surface area contributed by atoms with Gasteiger partial charge in [0.25, 0.3) is 0 Å².